The Bertz CT molecular complexity index is 1520. The van der Waals surface area contributed by atoms with Gasteiger partial charge in [-0.25, -0.2) is 14.8 Å². The van der Waals surface area contributed by atoms with Crippen molar-refractivity contribution in [1.29, 1.82) is 0 Å². The highest BCUT2D eigenvalue weighted by Crippen LogP contribution is 2.40. The van der Waals surface area contributed by atoms with E-state index in [2.05, 4.69) is 15.0 Å². The number of para-hydroxylation sites is 1. The summed E-state index contributed by atoms with van der Waals surface area (Å²) in [6, 6.07) is 23.0. The lowest BCUT2D eigenvalue weighted by Crippen LogP contribution is -2.31. The minimum atomic E-state index is -1.25. The van der Waals surface area contributed by atoms with Gasteiger partial charge in [-0.05, 0) is 36.8 Å². The topological polar surface area (TPSA) is 132 Å². The van der Waals surface area contributed by atoms with E-state index >= 15 is 0 Å². The van der Waals surface area contributed by atoms with Crippen molar-refractivity contribution in [3.8, 4) is 28.6 Å². The Labute approximate surface area is 256 Å². The standard InChI is InChI=1S/C31H32N4O4.C2H4O3/c1-5-6-17-35(21-22-13-9-7-10-14-22)31(36)25-20-32-29(34-30(25)33-24-15-11-8-12-16-24)23-18-26(37-2)28(39-4)27(19-23)38-3;1-5-2(3)4/h5-16,18-20H,17,21H2,1-4H3,(H,32,33,34);1H3,(H,3,4)/b6-5+;. The van der Waals surface area contributed by atoms with Gasteiger partial charge >= 0.3 is 6.16 Å². The number of carbonyl (C=O) groups is 2. The molecule has 0 bridgehead atoms. The second kappa shape index (κ2) is 16.8. The van der Waals surface area contributed by atoms with Crippen LogP contribution in [-0.2, 0) is 11.3 Å². The van der Waals surface area contributed by atoms with Gasteiger partial charge in [0.25, 0.3) is 5.91 Å². The zero-order chi connectivity index (χ0) is 31.9. The van der Waals surface area contributed by atoms with Crippen molar-refractivity contribution < 1.29 is 33.6 Å². The molecule has 44 heavy (non-hydrogen) atoms. The Kier molecular flexibility index (Phi) is 12.5. The fraction of sp³-hybridized carbons (Fsp3) is 0.212. The number of allylic oxidation sites excluding steroid dienone is 1. The predicted molar refractivity (Wildman–Crippen MR) is 168 cm³/mol. The van der Waals surface area contributed by atoms with E-state index in [1.54, 1.807) is 44.6 Å². The van der Waals surface area contributed by atoms with E-state index in [9.17, 15) is 4.79 Å². The Morgan fingerprint density at radius 1 is 0.909 bits per heavy atom. The molecule has 4 rings (SSSR count). The van der Waals surface area contributed by atoms with Crippen molar-refractivity contribution in [3.63, 3.8) is 0 Å². The molecule has 0 saturated carbocycles. The first-order valence-corrected chi connectivity index (χ1v) is 13.6. The number of methoxy groups -OCH3 is 4. The molecule has 0 aliphatic carbocycles. The van der Waals surface area contributed by atoms with Crippen LogP contribution in [-0.4, -0.2) is 67.0 Å². The molecule has 11 heteroatoms. The Hall–Kier alpha value is -5.58. The number of benzene rings is 3. The van der Waals surface area contributed by atoms with Crippen molar-refractivity contribution >= 4 is 23.6 Å². The summed E-state index contributed by atoms with van der Waals surface area (Å²) in [5.41, 5.74) is 2.83. The van der Waals surface area contributed by atoms with E-state index in [1.807, 2.05) is 79.7 Å². The highest BCUT2D eigenvalue weighted by atomic mass is 16.6. The molecular formula is C33H36N4O7. The molecule has 0 aliphatic rings. The zero-order valence-electron chi connectivity index (χ0n) is 25.3. The highest BCUT2D eigenvalue weighted by Gasteiger charge is 2.23. The lowest BCUT2D eigenvalue weighted by atomic mass is 10.1. The van der Waals surface area contributed by atoms with E-state index in [0.29, 0.717) is 53.1 Å². The number of ether oxygens (including phenoxy) is 4. The molecule has 0 unspecified atom stereocenters. The zero-order valence-corrected chi connectivity index (χ0v) is 25.3. The molecule has 4 aromatic rings. The molecule has 0 atom stereocenters. The van der Waals surface area contributed by atoms with Crippen LogP contribution in [0, 0.1) is 0 Å². The van der Waals surface area contributed by atoms with Crippen molar-refractivity contribution in [2.75, 3.05) is 40.3 Å². The summed E-state index contributed by atoms with van der Waals surface area (Å²) >= 11 is 0. The van der Waals surface area contributed by atoms with Crippen LogP contribution in [0.2, 0.25) is 0 Å². The number of nitrogens with one attached hydrogen (secondary N) is 1. The second-order valence-corrected chi connectivity index (χ2v) is 9.07. The monoisotopic (exact) mass is 600 g/mol. The number of rotatable bonds is 11. The summed E-state index contributed by atoms with van der Waals surface area (Å²) in [6.07, 6.45) is 4.20. The van der Waals surface area contributed by atoms with Crippen LogP contribution in [0.1, 0.15) is 22.8 Å². The second-order valence-electron chi connectivity index (χ2n) is 9.07. The molecule has 0 radical (unpaired) electrons. The van der Waals surface area contributed by atoms with Crippen LogP contribution in [0.5, 0.6) is 17.2 Å². The molecule has 0 aliphatic heterocycles. The summed E-state index contributed by atoms with van der Waals surface area (Å²) in [7, 11) is 5.76. The molecule has 1 heterocycles. The smallest absolute Gasteiger partial charge is 0.493 e. The van der Waals surface area contributed by atoms with Crippen molar-refractivity contribution in [2.45, 2.75) is 13.5 Å². The first-order chi connectivity index (χ1) is 21.3. The molecule has 11 nitrogen and oxygen atoms in total. The van der Waals surface area contributed by atoms with Crippen molar-refractivity contribution in [1.82, 2.24) is 14.9 Å². The van der Waals surface area contributed by atoms with Crippen LogP contribution in [0.25, 0.3) is 11.4 Å². The molecule has 230 valence electrons. The number of carboxylic acid groups (broad SMARTS) is 1. The molecule has 2 N–H and O–H groups in total. The van der Waals surface area contributed by atoms with Gasteiger partial charge in [-0.3, -0.25) is 4.79 Å². The largest absolute Gasteiger partial charge is 0.505 e. The predicted octanol–water partition coefficient (Wildman–Crippen LogP) is 6.44. The number of carbonyl (C=O) groups excluding carboxylic acids is 1. The highest BCUT2D eigenvalue weighted by molar-refractivity contribution is 5.99. The minimum Gasteiger partial charge on any atom is -0.493 e. The molecular weight excluding hydrogens is 564 g/mol. The van der Waals surface area contributed by atoms with Gasteiger partial charge in [-0.15, -0.1) is 0 Å². The number of anilines is 2. The first kappa shape index (κ1) is 32.9. The number of hydrogen-bond donors (Lipinski definition) is 2. The van der Waals surface area contributed by atoms with E-state index in [4.69, 9.17) is 29.1 Å². The maximum Gasteiger partial charge on any atom is 0.505 e. The summed E-state index contributed by atoms with van der Waals surface area (Å²) < 4.78 is 20.1. The lowest BCUT2D eigenvalue weighted by Gasteiger charge is -2.23. The number of nitrogens with zero attached hydrogens (tertiary/aromatic N) is 3. The van der Waals surface area contributed by atoms with Gasteiger partial charge in [0.2, 0.25) is 5.75 Å². The van der Waals surface area contributed by atoms with Crippen LogP contribution in [0.4, 0.5) is 16.3 Å². The molecule has 0 spiro atoms. The Balaban J connectivity index is 0.000000978. The maximum absolute atomic E-state index is 13.9. The van der Waals surface area contributed by atoms with Crippen molar-refractivity contribution in [3.05, 3.63) is 102 Å². The van der Waals surface area contributed by atoms with E-state index in [0.717, 1.165) is 18.4 Å². The molecule has 1 aromatic heterocycles. The van der Waals surface area contributed by atoms with Gasteiger partial charge in [-0.1, -0.05) is 60.7 Å². The maximum atomic E-state index is 13.9. The van der Waals surface area contributed by atoms with Crippen LogP contribution in [0.15, 0.2) is 91.1 Å². The molecule has 0 saturated heterocycles. The average molecular weight is 601 g/mol. The number of amides is 1. The van der Waals surface area contributed by atoms with Crippen LogP contribution >= 0.6 is 0 Å². The van der Waals surface area contributed by atoms with Gasteiger partial charge in [-0.2, -0.15) is 0 Å². The molecule has 0 fully saturated rings. The van der Waals surface area contributed by atoms with Gasteiger partial charge in [0.1, 0.15) is 11.4 Å². The summed E-state index contributed by atoms with van der Waals surface area (Å²) in [5.74, 6) is 2.03. The van der Waals surface area contributed by atoms with E-state index < -0.39 is 6.16 Å². The first-order valence-electron chi connectivity index (χ1n) is 13.6. The lowest BCUT2D eigenvalue weighted by molar-refractivity contribution is 0.0762. The van der Waals surface area contributed by atoms with Crippen molar-refractivity contribution in [2.24, 2.45) is 0 Å². The third-order valence-corrected chi connectivity index (χ3v) is 6.22. The van der Waals surface area contributed by atoms with Crippen LogP contribution < -0.4 is 19.5 Å². The normalized spacial score (nSPS) is 10.3. The summed E-state index contributed by atoms with van der Waals surface area (Å²) in [4.78, 5) is 34.2. The number of aromatic nitrogens is 2. The third-order valence-electron chi connectivity index (χ3n) is 6.22. The average Bonchev–Trinajstić information content (AvgIpc) is 3.06. The van der Waals surface area contributed by atoms with Gasteiger partial charge in [0.05, 0.1) is 28.4 Å². The van der Waals surface area contributed by atoms with E-state index in [-0.39, 0.29) is 5.91 Å². The van der Waals surface area contributed by atoms with Gasteiger partial charge in [0.15, 0.2) is 17.3 Å². The minimum absolute atomic E-state index is 0.188. The van der Waals surface area contributed by atoms with Gasteiger partial charge in [0, 0.05) is 30.5 Å². The summed E-state index contributed by atoms with van der Waals surface area (Å²) in [5, 5.41) is 10.8. The Morgan fingerprint density at radius 3 is 2.02 bits per heavy atom. The fourth-order valence-corrected chi connectivity index (χ4v) is 4.07. The Morgan fingerprint density at radius 2 is 1.50 bits per heavy atom. The number of hydrogen-bond acceptors (Lipinski definition) is 9. The van der Waals surface area contributed by atoms with Gasteiger partial charge < -0.3 is 34.3 Å². The molecule has 3 aromatic carbocycles. The SMILES string of the molecule is C/C=C/CN(Cc1ccccc1)C(=O)c1cnc(-c2cc(OC)c(OC)c(OC)c2)nc1Nc1ccccc1.COC(=O)O. The van der Waals surface area contributed by atoms with Crippen LogP contribution in [0.3, 0.4) is 0 Å². The quantitative estimate of drug-likeness (QED) is 0.146. The van der Waals surface area contributed by atoms with E-state index in [1.165, 1.54) is 0 Å². The molecule has 1 amide bonds. The third kappa shape index (κ3) is 8.96. The summed E-state index contributed by atoms with van der Waals surface area (Å²) in [6.45, 7) is 2.83. The fourth-order valence-electron chi connectivity index (χ4n) is 4.07.